The molecule has 110 valence electrons. The van der Waals surface area contributed by atoms with E-state index in [2.05, 4.69) is 22.6 Å². The lowest BCUT2D eigenvalue weighted by atomic mass is 10.2. The van der Waals surface area contributed by atoms with Crippen molar-refractivity contribution in [1.29, 1.82) is 0 Å². The van der Waals surface area contributed by atoms with Gasteiger partial charge in [-0.25, -0.2) is 13.2 Å². The summed E-state index contributed by atoms with van der Waals surface area (Å²) >= 11 is 2.18. The lowest BCUT2D eigenvalue weighted by Crippen LogP contribution is -3.14. The monoisotopic (exact) mass is 410 g/mol. The van der Waals surface area contributed by atoms with Crippen molar-refractivity contribution in [1.82, 2.24) is 0 Å². The predicted molar refractivity (Wildman–Crippen MR) is 83.7 cm³/mol. The van der Waals surface area contributed by atoms with Crippen molar-refractivity contribution in [3.63, 3.8) is 0 Å². The summed E-state index contributed by atoms with van der Waals surface area (Å²) in [6.07, 6.45) is 0. The quantitative estimate of drug-likeness (QED) is 0.550. The van der Waals surface area contributed by atoms with Crippen LogP contribution in [0.25, 0.3) is 0 Å². The van der Waals surface area contributed by atoms with Gasteiger partial charge in [-0.1, -0.05) is 0 Å². The maximum absolute atomic E-state index is 11.8. The third-order valence-electron chi connectivity index (χ3n) is 3.30. The van der Waals surface area contributed by atoms with Crippen molar-refractivity contribution >= 4 is 38.4 Å². The smallest absolute Gasteiger partial charge is 0.338 e. The Labute approximate surface area is 132 Å². The molecule has 0 amide bonds. The van der Waals surface area contributed by atoms with E-state index in [1.165, 1.54) is 4.90 Å². The minimum atomic E-state index is -2.83. The fraction of sp³-hybridized carbons (Fsp3) is 0.462. The SMILES string of the molecule is O=C(OCC[NH+]1CCS(=O)(=O)CC1)c1ccc(I)cc1. The molecule has 1 aliphatic heterocycles. The number of nitrogens with one attached hydrogen (secondary N) is 1. The molecule has 0 radical (unpaired) electrons. The molecule has 0 saturated carbocycles. The van der Waals surface area contributed by atoms with Gasteiger partial charge in [0.25, 0.3) is 0 Å². The highest BCUT2D eigenvalue weighted by atomic mass is 127. The Balaban J connectivity index is 1.73. The predicted octanol–water partition coefficient (Wildman–Crippen LogP) is -0.239. The summed E-state index contributed by atoms with van der Waals surface area (Å²) < 4.78 is 28.9. The molecule has 1 fully saturated rings. The molecule has 0 spiro atoms. The topological polar surface area (TPSA) is 64.9 Å². The second kappa shape index (κ2) is 6.86. The summed E-state index contributed by atoms with van der Waals surface area (Å²) in [6, 6.07) is 7.20. The minimum Gasteiger partial charge on any atom is -0.456 e. The largest absolute Gasteiger partial charge is 0.456 e. The van der Waals surface area contributed by atoms with Crippen LogP contribution in [0.1, 0.15) is 10.4 Å². The van der Waals surface area contributed by atoms with Crippen molar-refractivity contribution in [3.05, 3.63) is 33.4 Å². The van der Waals surface area contributed by atoms with E-state index >= 15 is 0 Å². The second-order valence-electron chi connectivity index (χ2n) is 4.79. The van der Waals surface area contributed by atoms with Gasteiger partial charge in [0.15, 0.2) is 9.84 Å². The van der Waals surface area contributed by atoms with Crippen LogP contribution in [0.15, 0.2) is 24.3 Å². The average Bonchev–Trinajstić information content (AvgIpc) is 2.41. The molecule has 0 bridgehead atoms. The van der Waals surface area contributed by atoms with Crippen LogP contribution in [-0.2, 0) is 14.6 Å². The van der Waals surface area contributed by atoms with Crippen LogP contribution in [0.3, 0.4) is 0 Å². The summed E-state index contributed by atoms with van der Waals surface area (Å²) in [5, 5.41) is 0. The highest BCUT2D eigenvalue weighted by Crippen LogP contribution is 2.07. The first-order valence-electron chi connectivity index (χ1n) is 6.43. The number of benzene rings is 1. The van der Waals surface area contributed by atoms with Gasteiger partial charge < -0.3 is 9.64 Å². The number of carbonyl (C=O) groups excluding carboxylic acids is 1. The Morgan fingerprint density at radius 2 is 1.80 bits per heavy atom. The van der Waals surface area contributed by atoms with Crippen LogP contribution in [0.4, 0.5) is 0 Å². The summed E-state index contributed by atoms with van der Waals surface area (Å²) in [5.74, 6) is 0.131. The lowest BCUT2D eigenvalue weighted by Gasteiger charge is -2.23. The van der Waals surface area contributed by atoms with Crippen molar-refractivity contribution in [2.24, 2.45) is 0 Å². The molecule has 20 heavy (non-hydrogen) atoms. The van der Waals surface area contributed by atoms with Crippen molar-refractivity contribution in [3.8, 4) is 0 Å². The third-order valence-corrected chi connectivity index (χ3v) is 5.67. The fourth-order valence-electron chi connectivity index (χ4n) is 2.03. The Hall–Kier alpha value is -0.670. The summed E-state index contributed by atoms with van der Waals surface area (Å²) in [7, 11) is -2.83. The first-order chi connectivity index (χ1) is 9.46. The summed E-state index contributed by atoms with van der Waals surface area (Å²) in [5.41, 5.74) is 0.543. The summed E-state index contributed by atoms with van der Waals surface area (Å²) in [4.78, 5) is 12.9. The molecule has 1 aromatic carbocycles. The Morgan fingerprint density at radius 3 is 2.40 bits per heavy atom. The van der Waals surface area contributed by atoms with Gasteiger partial charge >= 0.3 is 5.97 Å². The Kier molecular flexibility index (Phi) is 5.39. The molecular weight excluding hydrogens is 393 g/mol. The second-order valence-corrected chi connectivity index (χ2v) is 8.34. The van der Waals surface area contributed by atoms with Crippen LogP contribution in [0, 0.1) is 3.57 Å². The van der Waals surface area contributed by atoms with Gasteiger partial charge in [-0.15, -0.1) is 0 Å². The number of halogens is 1. The van der Waals surface area contributed by atoms with Crippen LogP contribution < -0.4 is 4.90 Å². The standard InChI is InChI=1S/C13H16INO4S/c14-12-3-1-11(2-4-12)13(16)19-8-5-15-6-9-20(17,18)10-7-15/h1-4H,5-10H2/p+1. The van der Waals surface area contributed by atoms with Crippen LogP contribution in [-0.4, -0.2) is 52.1 Å². The molecule has 1 N–H and O–H groups in total. The van der Waals surface area contributed by atoms with Crippen LogP contribution in [0.5, 0.6) is 0 Å². The highest BCUT2D eigenvalue weighted by molar-refractivity contribution is 14.1. The Morgan fingerprint density at radius 1 is 1.20 bits per heavy atom. The molecule has 1 heterocycles. The van der Waals surface area contributed by atoms with Gasteiger partial charge in [0, 0.05) is 3.57 Å². The third kappa shape index (κ3) is 4.71. The van der Waals surface area contributed by atoms with Gasteiger partial charge in [0.2, 0.25) is 0 Å². The van der Waals surface area contributed by atoms with E-state index in [1.54, 1.807) is 12.1 Å². The molecule has 0 atom stereocenters. The van der Waals surface area contributed by atoms with E-state index in [0.29, 0.717) is 31.8 Å². The number of hydrogen-bond acceptors (Lipinski definition) is 4. The number of quaternary nitrogens is 1. The van der Waals surface area contributed by atoms with Crippen molar-refractivity contribution in [2.75, 3.05) is 37.7 Å². The van der Waals surface area contributed by atoms with Gasteiger partial charge in [-0.3, -0.25) is 0 Å². The number of carbonyl (C=O) groups is 1. The van der Waals surface area contributed by atoms with E-state index in [0.717, 1.165) is 3.57 Å². The van der Waals surface area contributed by atoms with Gasteiger partial charge in [0.05, 0.1) is 30.2 Å². The molecule has 1 saturated heterocycles. The van der Waals surface area contributed by atoms with E-state index in [4.69, 9.17) is 4.74 Å². The number of sulfone groups is 1. The lowest BCUT2D eigenvalue weighted by molar-refractivity contribution is -0.896. The Bertz CT molecular complexity index is 557. The molecule has 1 aromatic rings. The molecule has 7 heteroatoms. The number of hydrogen-bond donors (Lipinski definition) is 1. The normalized spacial score (nSPS) is 18.6. The number of rotatable bonds is 4. The fourth-order valence-corrected chi connectivity index (χ4v) is 3.80. The van der Waals surface area contributed by atoms with E-state index in [1.807, 2.05) is 12.1 Å². The van der Waals surface area contributed by atoms with E-state index in [-0.39, 0.29) is 17.5 Å². The van der Waals surface area contributed by atoms with E-state index < -0.39 is 9.84 Å². The van der Waals surface area contributed by atoms with Crippen molar-refractivity contribution in [2.45, 2.75) is 0 Å². The van der Waals surface area contributed by atoms with Crippen LogP contribution in [0.2, 0.25) is 0 Å². The minimum absolute atomic E-state index is 0.230. The highest BCUT2D eigenvalue weighted by Gasteiger charge is 2.24. The molecule has 2 rings (SSSR count). The molecular formula is C13H17INO4S+. The van der Waals surface area contributed by atoms with Gasteiger partial charge in [-0.05, 0) is 46.9 Å². The molecule has 5 nitrogen and oxygen atoms in total. The van der Waals surface area contributed by atoms with Crippen molar-refractivity contribution < 1.29 is 22.8 Å². The number of esters is 1. The zero-order valence-corrected chi connectivity index (χ0v) is 13.9. The summed E-state index contributed by atoms with van der Waals surface area (Å²) in [6.45, 7) is 2.18. The van der Waals surface area contributed by atoms with Gasteiger partial charge in [0.1, 0.15) is 13.2 Å². The first kappa shape index (κ1) is 15.7. The zero-order chi connectivity index (χ0) is 14.6. The zero-order valence-electron chi connectivity index (χ0n) is 11.0. The molecule has 0 unspecified atom stereocenters. The number of ether oxygens (including phenoxy) is 1. The maximum Gasteiger partial charge on any atom is 0.338 e. The molecule has 1 aliphatic rings. The average molecular weight is 410 g/mol. The van der Waals surface area contributed by atoms with Gasteiger partial charge in [-0.2, -0.15) is 0 Å². The molecule has 0 aromatic heterocycles. The van der Waals surface area contributed by atoms with E-state index in [9.17, 15) is 13.2 Å². The maximum atomic E-state index is 11.8. The first-order valence-corrected chi connectivity index (χ1v) is 9.33. The van der Waals surface area contributed by atoms with Crippen LogP contribution >= 0.6 is 22.6 Å². The molecule has 0 aliphatic carbocycles.